The minimum atomic E-state index is -3.97. The van der Waals surface area contributed by atoms with Crippen molar-refractivity contribution in [1.82, 2.24) is 25.2 Å². The summed E-state index contributed by atoms with van der Waals surface area (Å²) in [6.45, 7) is 8.54. The molecule has 0 unspecified atom stereocenters. The van der Waals surface area contributed by atoms with Crippen molar-refractivity contribution in [2.75, 3.05) is 6.54 Å². The highest BCUT2D eigenvalue weighted by Crippen LogP contribution is 2.47. The topological polar surface area (TPSA) is 186 Å². The number of aromatic nitrogens is 1. The molecule has 5 atom stereocenters. The minimum absolute atomic E-state index is 0.0224. The van der Waals surface area contributed by atoms with Crippen LogP contribution in [-0.4, -0.2) is 82.7 Å². The first-order chi connectivity index (χ1) is 23.5. The van der Waals surface area contributed by atoms with E-state index in [1.54, 1.807) is 52.8 Å². The molecule has 3 N–H and O–H groups in total. The van der Waals surface area contributed by atoms with Crippen LogP contribution in [-0.2, 0) is 29.1 Å². The van der Waals surface area contributed by atoms with Crippen molar-refractivity contribution >= 4 is 44.9 Å². The Bertz CT molecular complexity index is 1810. The van der Waals surface area contributed by atoms with Gasteiger partial charge in [-0.2, -0.15) is 0 Å². The average molecular weight is 714 g/mol. The molecule has 4 aliphatic rings. The Kier molecular flexibility index (Phi) is 9.42. The number of benzene rings is 1. The van der Waals surface area contributed by atoms with Crippen LogP contribution in [0.5, 0.6) is 5.75 Å². The number of carbonyl (C=O) groups excluding carboxylic acids is 4. The number of nitrogens with one attached hydrogen (secondary N) is 3. The number of aryl methyl sites for hydroxylation is 1. The van der Waals surface area contributed by atoms with Crippen LogP contribution in [0.25, 0.3) is 11.1 Å². The highest BCUT2D eigenvalue weighted by Gasteiger charge is 2.63. The lowest BCUT2D eigenvalue weighted by molar-refractivity contribution is -0.141. The van der Waals surface area contributed by atoms with E-state index < -0.39 is 73.8 Å². The number of hydrogen-bond donors (Lipinski definition) is 3. The Morgan fingerprint density at radius 1 is 1.14 bits per heavy atom. The van der Waals surface area contributed by atoms with Crippen molar-refractivity contribution in [1.29, 1.82) is 0 Å². The lowest BCUT2D eigenvalue weighted by Crippen LogP contribution is -2.58. The minimum Gasteiger partial charge on any atom is -0.488 e. The molecule has 1 saturated heterocycles. The van der Waals surface area contributed by atoms with E-state index in [0.29, 0.717) is 54.8 Å². The third-order valence-electron chi connectivity index (χ3n) is 9.93. The van der Waals surface area contributed by atoms with E-state index in [4.69, 9.17) is 13.9 Å². The molecule has 2 aliphatic heterocycles. The summed E-state index contributed by atoms with van der Waals surface area (Å²) in [6, 6.07) is 3.11. The van der Waals surface area contributed by atoms with Gasteiger partial charge in [-0.1, -0.05) is 25.0 Å². The van der Waals surface area contributed by atoms with Crippen molar-refractivity contribution < 1.29 is 41.5 Å². The molecule has 3 heterocycles. The summed E-state index contributed by atoms with van der Waals surface area (Å²) in [5.41, 5.74) is -1.10. The van der Waals surface area contributed by atoms with Gasteiger partial charge in [0.25, 0.3) is 5.91 Å². The first-order valence-corrected chi connectivity index (χ1v) is 18.9. The molecule has 3 fully saturated rings. The van der Waals surface area contributed by atoms with Crippen LogP contribution in [0.1, 0.15) is 91.4 Å². The number of rotatable bonds is 6. The zero-order chi connectivity index (χ0) is 36.1. The van der Waals surface area contributed by atoms with Gasteiger partial charge >= 0.3 is 6.09 Å². The van der Waals surface area contributed by atoms with Crippen LogP contribution >= 0.6 is 0 Å². The molecular formula is C35H47N5O9S. The zero-order valence-electron chi connectivity index (χ0n) is 29.2. The summed E-state index contributed by atoms with van der Waals surface area (Å²) in [5.74, 6) is -1.33. The van der Waals surface area contributed by atoms with Crippen LogP contribution in [0, 0.1) is 12.8 Å². The predicted molar refractivity (Wildman–Crippen MR) is 182 cm³/mol. The highest BCUT2D eigenvalue weighted by molar-refractivity contribution is 7.91. The molecule has 0 radical (unpaired) electrons. The molecule has 2 saturated carbocycles. The fourth-order valence-electron chi connectivity index (χ4n) is 6.68. The van der Waals surface area contributed by atoms with Gasteiger partial charge in [0, 0.05) is 25.3 Å². The molecule has 1 aromatic carbocycles. The summed E-state index contributed by atoms with van der Waals surface area (Å²) in [6.07, 6.45) is 6.85. The third kappa shape index (κ3) is 7.62. The first-order valence-electron chi connectivity index (χ1n) is 17.4. The Hall–Kier alpha value is -4.14. The Morgan fingerprint density at radius 2 is 1.90 bits per heavy atom. The summed E-state index contributed by atoms with van der Waals surface area (Å²) in [5, 5.41) is 5.60. The number of oxazole rings is 1. The predicted octanol–water partition coefficient (Wildman–Crippen LogP) is 3.77. The fraction of sp³-hybridized carbons (Fsp3) is 0.629. The van der Waals surface area contributed by atoms with Crippen LogP contribution < -0.4 is 20.1 Å². The highest BCUT2D eigenvalue weighted by atomic mass is 32.2. The summed E-state index contributed by atoms with van der Waals surface area (Å²) in [7, 11) is -3.97. The smallest absolute Gasteiger partial charge is 0.408 e. The standard InChI is InChI=1S/C35H47N5O9S/c1-21-36-26-17-23(13-14-28(26)47-21)48-24-18-27-29(41)38-35(31(43)39-50(45,46)34(5)15-16-34)19-22(35)11-9-7-6-8-10-12-25(30(42)40(27)20-24)37-32(44)49-33(2,3)4/h9,11,13-14,17,22,24-25,27H,6-8,10,12,15-16,18-20H2,1-5H3,(H,37,44)(H,38,41)(H,39,43)/b11-9-/t22-,24+,25-,27-,35+/m0/s1. The van der Waals surface area contributed by atoms with Gasteiger partial charge < -0.3 is 29.4 Å². The lowest BCUT2D eigenvalue weighted by atomic mass is 10.0. The molecule has 6 rings (SSSR count). The average Bonchev–Trinajstić information content (AvgIpc) is 3.84. The molecule has 0 spiro atoms. The number of amides is 4. The maximum atomic E-state index is 14.3. The summed E-state index contributed by atoms with van der Waals surface area (Å²) < 4.78 is 44.7. The van der Waals surface area contributed by atoms with Crippen molar-refractivity contribution in [3.05, 3.63) is 36.2 Å². The number of nitrogens with zero attached hydrogens (tertiary/aromatic N) is 2. The maximum absolute atomic E-state index is 14.3. The van der Waals surface area contributed by atoms with Gasteiger partial charge in [-0.15, -0.1) is 0 Å². The van der Waals surface area contributed by atoms with E-state index in [1.807, 2.05) is 12.2 Å². The molecule has 4 amide bonds. The first kappa shape index (κ1) is 35.7. The lowest BCUT2D eigenvalue weighted by Gasteiger charge is -2.30. The van der Waals surface area contributed by atoms with E-state index in [2.05, 4.69) is 20.3 Å². The molecule has 2 aromatic rings. The molecule has 1 aromatic heterocycles. The van der Waals surface area contributed by atoms with E-state index in [1.165, 1.54) is 4.90 Å². The molecule has 15 heteroatoms. The Labute approximate surface area is 292 Å². The Balaban J connectivity index is 1.29. The van der Waals surface area contributed by atoms with Gasteiger partial charge in [0.15, 0.2) is 11.5 Å². The number of hydrogen-bond acceptors (Lipinski definition) is 10. The van der Waals surface area contributed by atoms with Crippen LogP contribution in [0.2, 0.25) is 0 Å². The van der Waals surface area contributed by atoms with Gasteiger partial charge in [0.05, 0.1) is 11.3 Å². The van der Waals surface area contributed by atoms with E-state index in [-0.39, 0.29) is 19.4 Å². The molecule has 0 bridgehead atoms. The van der Waals surface area contributed by atoms with Crippen molar-refractivity contribution in [3.63, 3.8) is 0 Å². The van der Waals surface area contributed by atoms with Crippen LogP contribution in [0.3, 0.4) is 0 Å². The number of alkyl carbamates (subject to hydrolysis) is 1. The van der Waals surface area contributed by atoms with Gasteiger partial charge in [-0.3, -0.25) is 19.1 Å². The van der Waals surface area contributed by atoms with Crippen LogP contribution in [0.4, 0.5) is 4.79 Å². The summed E-state index contributed by atoms with van der Waals surface area (Å²) >= 11 is 0. The van der Waals surface area contributed by atoms with Crippen molar-refractivity contribution in [2.24, 2.45) is 5.92 Å². The number of fused-ring (bicyclic) bond motifs is 3. The number of ether oxygens (including phenoxy) is 2. The second-order valence-corrected chi connectivity index (χ2v) is 17.5. The maximum Gasteiger partial charge on any atom is 0.408 e. The fourth-order valence-corrected chi connectivity index (χ4v) is 8.00. The van der Waals surface area contributed by atoms with Crippen molar-refractivity contribution in [2.45, 2.75) is 126 Å². The molecule has 14 nitrogen and oxygen atoms in total. The van der Waals surface area contributed by atoms with Gasteiger partial charge in [-0.05, 0) is 78.4 Å². The zero-order valence-corrected chi connectivity index (χ0v) is 30.1. The van der Waals surface area contributed by atoms with Crippen LogP contribution in [0.15, 0.2) is 34.8 Å². The Morgan fingerprint density at radius 3 is 2.62 bits per heavy atom. The molecular weight excluding hydrogens is 666 g/mol. The largest absolute Gasteiger partial charge is 0.488 e. The number of sulfonamides is 1. The summed E-state index contributed by atoms with van der Waals surface area (Å²) in [4.78, 5) is 60.9. The number of carbonyl (C=O) groups is 4. The van der Waals surface area contributed by atoms with Gasteiger partial charge in [0.2, 0.25) is 21.8 Å². The van der Waals surface area contributed by atoms with E-state index >= 15 is 0 Å². The normalized spacial score (nSPS) is 29.0. The SMILES string of the molecule is Cc1nc2cc(O[C@@H]3C[C@H]4C(=O)N[C@]5(C(=O)NS(=O)(=O)C6(C)CC6)C[C@@H]5/C=C\CCCCC[C@H](NC(=O)OC(C)(C)C)C(=O)N4C3)ccc2o1. The number of allylic oxidation sites excluding steroid dienone is 1. The molecule has 2 aliphatic carbocycles. The second kappa shape index (κ2) is 13.2. The van der Waals surface area contributed by atoms with E-state index in [0.717, 1.165) is 12.8 Å². The molecule has 50 heavy (non-hydrogen) atoms. The van der Waals surface area contributed by atoms with Crippen molar-refractivity contribution in [3.8, 4) is 5.75 Å². The second-order valence-electron chi connectivity index (χ2n) is 15.3. The third-order valence-corrected chi connectivity index (χ3v) is 12.1. The molecule has 272 valence electrons. The quantitative estimate of drug-likeness (QED) is 0.372. The van der Waals surface area contributed by atoms with Gasteiger partial charge in [-0.25, -0.2) is 18.2 Å². The van der Waals surface area contributed by atoms with E-state index in [9.17, 15) is 27.6 Å². The monoisotopic (exact) mass is 713 g/mol. The van der Waals surface area contributed by atoms with Gasteiger partial charge in [0.1, 0.15) is 40.6 Å².